The highest BCUT2D eigenvalue weighted by molar-refractivity contribution is 5.99. The molecule has 0 radical (unpaired) electrons. The lowest BCUT2D eigenvalue weighted by Gasteiger charge is -2.40. The fourth-order valence-corrected chi connectivity index (χ4v) is 13.0. The van der Waals surface area contributed by atoms with Crippen molar-refractivity contribution in [3.8, 4) is 0 Å². The Balaban J connectivity index is 2.31. The van der Waals surface area contributed by atoms with E-state index in [2.05, 4.69) is 38.0 Å². The zero-order valence-electron chi connectivity index (χ0n) is 60.1. The number of hydrogen-bond acceptors (Lipinski definition) is 14. The molecule has 10 amide bonds. The lowest BCUT2D eigenvalue weighted by atomic mass is 9.93. The van der Waals surface area contributed by atoms with E-state index in [-0.39, 0.29) is 49.5 Å². The number of carbonyl (C=O) groups is 10. The van der Waals surface area contributed by atoms with Gasteiger partial charge in [0, 0.05) is 88.6 Å². The van der Waals surface area contributed by atoms with Gasteiger partial charge >= 0.3 is 0 Å². The van der Waals surface area contributed by atoms with Crippen LogP contribution in [0.25, 0.3) is 0 Å². The van der Waals surface area contributed by atoms with Crippen LogP contribution in [0, 0.1) is 35.5 Å². The maximum absolute atomic E-state index is 15.3. The highest BCUT2D eigenvalue weighted by atomic mass is 16.5. The van der Waals surface area contributed by atoms with Crippen LogP contribution >= 0.6 is 0 Å². The number of allylic oxidation sites excluding steroid dienone is 2. The van der Waals surface area contributed by atoms with Gasteiger partial charge < -0.3 is 70.1 Å². The van der Waals surface area contributed by atoms with Crippen molar-refractivity contribution in [3.05, 3.63) is 12.2 Å². The van der Waals surface area contributed by atoms with Crippen LogP contribution in [0.15, 0.2) is 12.2 Å². The maximum Gasteiger partial charge on any atom is 0.248 e. The molecule has 3 rings (SSSR count). The Morgan fingerprint density at radius 3 is 1.51 bits per heavy atom. The predicted octanol–water partition coefficient (Wildman–Crippen LogP) is 3.13. The molecule has 0 aromatic carbocycles. The topological polar surface area (TPSA) is 257 Å². The minimum Gasteiger partial charge on any atom is -0.370 e. The molecule has 24 heteroatoms. The van der Waals surface area contributed by atoms with Crippen LogP contribution < -0.4 is 21.3 Å². The van der Waals surface area contributed by atoms with Crippen LogP contribution in [-0.2, 0) is 52.7 Å². The van der Waals surface area contributed by atoms with Crippen molar-refractivity contribution >= 4 is 59.1 Å². The van der Waals surface area contributed by atoms with Gasteiger partial charge in [0.15, 0.2) is 0 Å². The third kappa shape index (κ3) is 20.9. The summed E-state index contributed by atoms with van der Waals surface area (Å²) in [7, 11) is 10.8. The first-order valence-electron chi connectivity index (χ1n) is 33.6. The van der Waals surface area contributed by atoms with E-state index in [0.717, 1.165) is 32.7 Å². The Kier molecular flexibility index (Phi) is 31.5. The fourth-order valence-electron chi connectivity index (χ4n) is 13.0. The molecule has 91 heavy (non-hydrogen) atoms. The van der Waals surface area contributed by atoms with Crippen molar-refractivity contribution in [1.82, 2.24) is 65.4 Å². The fraction of sp³-hybridized carbons (Fsp3) is 0.821. The largest absolute Gasteiger partial charge is 0.370 e. The minimum atomic E-state index is -1.21. The summed E-state index contributed by atoms with van der Waals surface area (Å²) in [5.41, 5.74) is 0. The van der Waals surface area contributed by atoms with Gasteiger partial charge in [-0.15, -0.1) is 0 Å². The van der Waals surface area contributed by atoms with Crippen molar-refractivity contribution in [2.45, 2.75) is 228 Å². The van der Waals surface area contributed by atoms with Crippen molar-refractivity contribution in [2.24, 2.45) is 35.5 Å². The summed E-state index contributed by atoms with van der Waals surface area (Å²) < 4.78 is 6.95. The molecule has 3 aliphatic rings. The first kappa shape index (κ1) is 79.5. The molecule has 520 valence electrons. The van der Waals surface area contributed by atoms with E-state index in [9.17, 15) is 24.0 Å². The van der Waals surface area contributed by atoms with Gasteiger partial charge in [-0.25, -0.2) is 0 Å². The van der Waals surface area contributed by atoms with E-state index in [1.807, 2.05) is 81.4 Å². The summed E-state index contributed by atoms with van der Waals surface area (Å²) in [5.74, 6) is -6.95. The van der Waals surface area contributed by atoms with E-state index < -0.39 is 150 Å². The molecular formula is C67H121N13O11. The summed E-state index contributed by atoms with van der Waals surface area (Å²) in [6.07, 6.45) is 4.00. The van der Waals surface area contributed by atoms with E-state index in [4.69, 9.17) is 4.74 Å². The third-order valence-electron chi connectivity index (χ3n) is 19.1. The Hall–Kier alpha value is -5.72. The van der Waals surface area contributed by atoms with Gasteiger partial charge in [0.05, 0.1) is 24.3 Å². The molecule has 0 aromatic rings. The lowest BCUT2D eigenvalue weighted by molar-refractivity contribution is -0.155. The lowest BCUT2D eigenvalue weighted by Crippen LogP contribution is -2.62. The molecule has 0 aromatic heterocycles. The van der Waals surface area contributed by atoms with Crippen molar-refractivity contribution in [1.29, 1.82) is 0 Å². The van der Waals surface area contributed by atoms with Gasteiger partial charge in [-0.05, 0) is 109 Å². The number of nitrogens with one attached hydrogen (secondary N) is 4. The van der Waals surface area contributed by atoms with Gasteiger partial charge in [0.25, 0.3) is 0 Å². The van der Waals surface area contributed by atoms with Crippen LogP contribution in [-0.4, -0.2) is 277 Å². The van der Waals surface area contributed by atoms with Crippen LogP contribution in [0.5, 0.6) is 0 Å². The highest BCUT2D eigenvalue weighted by Crippen LogP contribution is 2.30. The number of rotatable bonds is 15. The summed E-state index contributed by atoms with van der Waals surface area (Å²) in [6, 6.07) is -11.7. The number of carbonyl (C=O) groups excluding carboxylic acids is 10. The number of ether oxygens (including phenoxy) is 1. The Morgan fingerprint density at radius 2 is 1.00 bits per heavy atom. The first-order valence-corrected chi connectivity index (χ1v) is 33.6. The SMILES string of the molecule is CC=CCC(C)C1OC(C)C2C(=O)N(C)C1CNC(CC)C(=O)N(C)C(C)C(=O)N(C)C(C(C)CN1CCN(CC)CC1)C(=O)NC(C(C)C)C(=O)N(C)C(CC(C)C)C(=O)NC(C)C(=O)NC(C)C(=O)N(C)C(CC(C)C)C(=O)N(C)C(CC(C)C)C(=O)N2C. The zero-order valence-corrected chi connectivity index (χ0v) is 60.1. The van der Waals surface area contributed by atoms with E-state index in [0.29, 0.717) is 19.4 Å². The molecule has 3 heterocycles. The number of hydrogen-bond donors (Lipinski definition) is 4. The first-order chi connectivity index (χ1) is 42.4. The van der Waals surface area contributed by atoms with Crippen LogP contribution in [0.4, 0.5) is 0 Å². The van der Waals surface area contributed by atoms with Gasteiger partial charge in [0.2, 0.25) is 59.1 Å². The summed E-state index contributed by atoms with van der Waals surface area (Å²) in [6.45, 7) is 35.8. The van der Waals surface area contributed by atoms with Crippen LogP contribution in [0.1, 0.15) is 150 Å². The number of nitrogens with zero attached hydrogens (tertiary/aromatic N) is 9. The molecule has 3 aliphatic heterocycles. The smallest absolute Gasteiger partial charge is 0.248 e. The van der Waals surface area contributed by atoms with Crippen molar-refractivity contribution < 1.29 is 52.7 Å². The second-order valence-corrected chi connectivity index (χ2v) is 28.1. The molecule has 0 spiro atoms. The second-order valence-electron chi connectivity index (χ2n) is 28.1. The number of fused-ring (bicyclic) bond motifs is 3. The summed E-state index contributed by atoms with van der Waals surface area (Å²) >= 11 is 0. The average Bonchev–Trinajstić information content (AvgIpc) is 1.77. The quantitative estimate of drug-likeness (QED) is 0.172. The molecule has 2 bridgehead atoms. The highest BCUT2D eigenvalue weighted by Gasteiger charge is 2.48. The Morgan fingerprint density at radius 1 is 0.505 bits per heavy atom. The Labute approximate surface area is 546 Å². The number of likely N-dealkylation sites (N-methyl/N-ethyl adjacent to an activating group) is 8. The van der Waals surface area contributed by atoms with Gasteiger partial charge in [-0.2, -0.15) is 0 Å². The van der Waals surface area contributed by atoms with Crippen LogP contribution in [0.3, 0.4) is 0 Å². The predicted molar refractivity (Wildman–Crippen MR) is 355 cm³/mol. The van der Waals surface area contributed by atoms with E-state index >= 15 is 24.0 Å². The van der Waals surface area contributed by atoms with E-state index in [1.165, 1.54) is 64.4 Å². The monoisotopic (exact) mass is 1280 g/mol. The number of piperazine rings is 1. The number of amides is 10. The van der Waals surface area contributed by atoms with Crippen molar-refractivity contribution in [2.75, 3.05) is 95.1 Å². The van der Waals surface area contributed by atoms with Gasteiger partial charge in [-0.1, -0.05) is 95.2 Å². The maximum atomic E-state index is 15.3. The standard InChI is InChI=1S/C67H121N13O11/c1-25-28-29-43(12)57-53-37-68-49(26-2)63(86)72(18)47(16)62(85)77(23)55(44(13)38-80-32-30-79(27-3)31-33-80)60(83)71-54(42(10)11)66(89)73(19)50(34-39(4)5)59(82)69-45(14)58(81)70-46(15)61(84)74(20)51(35-40(6)7)64(87)75(21)52(36-41(8)9)65(88)78(24)56(48(17)91-57)67(90)76(53)22/h25,28,39-57,68H,26-27,29-38H2,1-24H3,(H,69,82)(H,70,81)(H,71,83). The molecule has 3 fully saturated rings. The molecule has 15 unspecified atom stereocenters. The summed E-state index contributed by atoms with van der Waals surface area (Å²) in [4.78, 5) is 163. The summed E-state index contributed by atoms with van der Waals surface area (Å²) in [5, 5.41) is 11.9. The van der Waals surface area contributed by atoms with Gasteiger partial charge in [0.1, 0.15) is 54.4 Å². The second kappa shape index (κ2) is 36.1. The molecule has 3 saturated heterocycles. The molecule has 24 nitrogen and oxygen atoms in total. The third-order valence-corrected chi connectivity index (χ3v) is 19.1. The van der Waals surface area contributed by atoms with Gasteiger partial charge in [-0.3, -0.25) is 47.9 Å². The molecule has 4 N–H and O–H groups in total. The zero-order chi connectivity index (χ0) is 69.4. The normalized spacial score (nSPS) is 30.4. The van der Waals surface area contributed by atoms with Crippen LogP contribution in [0.2, 0.25) is 0 Å². The van der Waals surface area contributed by atoms with E-state index in [1.54, 1.807) is 60.8 Å². The molecular weight excluding hydrogens is 1160 g/mol. The van der Waals surface area contributed by atoms with Crippen molar-refractivity contribution in [3.63, 3.8) is 0 Å². The minimum absolute atomic E-state index is 0.0859. The average molecular weight is 1280 g/mol. The Bertz CT molecular complexity index is 2490. The molecule has 0 aliphatic carbocycles. The molecule has 0 saturated carbocycles. The molecule has 15 atom stereocenters.